The predicted octanol–water partition coefficient (Wildman–Crippen LogP) is 4.61. The standard InChI is InChI=1S/C23H17N5O3S3/c24-14-17-6-11-20(16-4-2-1-3-5-16)27-22(17)33-15-21(29)26-18-7-9-19(10-8-18)34(30,31)28-23-25-12-13-32-23/h1-13H,15H2,(H,25,28)(H,26,29). The second kappa shape index (κ2) is 10.5. The molecule has 0 spiro atoms. The first-order valence-corrected chi connectivity index (χ1v) is 13.2. The van der Waals surface area contributed by atoms with Gasteiger partial charge < -0.3 is 5.32 Å². The van der Waals surface area contributed by atoms with Gasteiger partial charge in [0.15, 0.2) is 5.13 Å². The number of hydrogen-bond donors (Lipinski definition) is 2. The average Bonchev–Trinajstić information content (AvgIpc) is 3.36. The van der Waals surface area contributed by atoms with Crippen LogP contribution in [0.25, 0.3) is 11.3 Å². The molecule has 0 atom stereocenters. The molecule has 170 valence electrons. The molecule has 0 saturated heterocycles. The Bertz CT molecular complexity index is 1430. The summed E-state index contributed by atoms with van der Waals surface area (Å²) in [7, 11) is -3.77. The van der Waals surface area contributed by atoms with Crippen molar-refractivity contribution < 1.29 is 13.2 Å². The zero-order valence-corrected chi connectivity index (χ0v) is 20.0. The van der Waals surface area contributed by atoms with Gasteiger partial charge in [-0.3, -0.25) is 9.52 Å². The molecule has 0 aliphatic rings. The minimum atomic E-state index is -3.77. The predicted molar refractivity (Wildman–Crippen MR) is 133 cm³/mol. The summed E-state index contributed by atoms with van der Waals surface area (Å²) in [6.45, 7) is 0. The van der Waals surface area contributed by atoms with Gasteiger partial charge in [0, 0.05) is 22.8 Å². The lowest BCUT2D eigenvalue weighted by atomic mass is 10.1. The van der Waals surface area contributed by atoms with Crippen LogP contribution >= 0.6 is 23.1 Å². The monoisotopic (exact) mass is 507 g/mol. The largest absolute Gasteiger partial charge is 0.325 e. The normalized spacial score (nSPS) is 10.9. The van der Waals surface area contributed by atoms with Crippen LogP contribution in [0.15, 0.2) is 88.2 Å². The highest BCUT2D eigenvalue weighted by molar-refractivity contribution is 8.00. The van der Waals surface area contributed by atoms with Crippen LogP contribution in [-0.4, -0.2) is 30.0 Å². The minimum absolute atomic E-state index is 0.0333. The van der Waals surface area contributed by atoms with Gasteiger partial charge in [-0.1, -0.05) is 42.1 Å². The Kier molecular flexibility index (Phi) is 7.22. The maximum absolute atomic E-state index is 12.5. The van der Waals surface area contributed by atoms with Gasteiger partial charge in [-0.15, -0.1) is 11.3 Å². The molecule has 4 rings (SSSR count). The highest BCUT2D eigenvalue weighted by atomic mass is 32.2. The van der Waals surface area contributed by atoms with Crippen LogP contribution in [0.1, 0.15) is 5.56 Å². The van der Waals surface area contributed by atoms with Crippen LogP contribution in [0.2, 0.25) is 0 Å². The van der Waals surface area contributed by atoms with Crippen LogP contribution in [0.5, 0.6) is 0 Å². The Morgan fingerprint density at radius 1 is 1.06 bits per heavy atom. The lowest BCUT2D eigenvalue weighted by molar-refractivity contribution is -0.113. The number of carbonyl (C=O) groups excluding carboxylic acids is 1. The molecular weight excluding hydrogens is 490 g/mol. The third-order valence-corrected chi connectivity index (χ3v) is 7.66. The highest BCUT2D eigenvalue weighted by Gasteiger charge is 2.16. The Morgan fingerprint density at radius 3 is 2.50 bits per heavy atom. The number of thiazole rings is 1. The number of benzene rings is 2. The molecule has 2 heterocycles. The fraction of sp³-hybridized carbons (Fsp3) is 0.0435. The van der Waals surface area contributed by atoms with Crippen molar-refractivity contribution in [3.8, 4) is 17.3 Å². The van der Waals surface area contributed by atoms with Crippen molar-refractivity contribution >= 4 is 49.8 Å². The van der Waals surface area contributed by atoms with Gasteiger partial charge in [-0.05, 0) is 36.4 Å². The molecule has 8 nitrogen and oxygen atoms in total. The molecule has 0 saturated carbocycles. The molecule has 0 aliphatic heterocycles. The van der Waals surface area contributed by atoms with E-state index >= 15 is 0 Å². The van der Waals surface area contributed by atoms with E-state index < -0.39 is 10.0 Å². The van der Waals surface area contributed by atoms with Crippen molar-refractivity contribution in [3.63, 3.8) is 0 Å². The molecule has 0 fully saturated rings. The van der Waals surface area contributed by atoms with Gasteiger partial charge in [0.25, 0.3) is 10.0 Å². The van der Waals surface area contributed by atoms with Crippen molar-refractivity contribution in [1.82, 2.24) is 9.97 Å². The van der Waals surface area contributed by atoms with E-state index in [4.69, 9.17) is 0 Å². The molecule has 34 heavy (non-hydrogen) atoms. The number of anilines is 2. The van der Waals surface area contributed by atoms with Gasteiger partial charge in [-0.25, -0.2) is 18.4 Å². The zero-order chi connectivity index (χ0) is 24.0. The van der Waals surface area contributed by atoms with Gasteiger partial charge in [-0.2, -0.15) is 5.26 Å². The first-order chi connectivity index (χ1) is 16.4. The van der Waals surface area contributed by atoms with Crippen LogP contribution in [-0.2, 0) is 14.8 Å². The van der Waals surface area contributed by atoms with Crippen molar-refractivity contribution in [3.05, 3.63) is 83.9 Å². The number of sulfonamides is 1. The first kappa shape index (κ1) is 23.4. The molecular formula is C23H17N5O3S3. The number of thioether (sulfide) groups is 1. The quantitative estimate of drug-likeness (QED) is 0.334. The van der Waals surface area contributed by atoms with E-state index in [-0.39, 0.29) is 21.7 Å². The molecule has 0 aliphatic carbocycles. The lowest BCUT2D eigenvalue weighted by Crippen LogP contribution is -2.15. The smallest absolute Gasteiger partial charge is 0.263 e. The Morgan fingerprint density at radius 2 is 1.82 bits per heavy atom. The van der Waals surface area contributed by atoms with Crippen LogP contribution in [0.3, 0.4) is 0 Å². The number of aromatic nitrogens is 2. The maximum Gasteiger partial charge on any atom is 0.263 e. The molecule has 0 radical (unpaired) electrons. The molecule has 11 heteroatoms. The molecule has 0 unspecified atom stereocenters. The maximum atomic E-state index is 12.5. The molecule has 2 N–H and O–H groups in total. The second-order valence-corrected chi connectivity index (χ2v) is 10.4. The summed E-state index contributed by atoms with van der Waals surface area (Å²) in [5, 5.41) is 14.5. The van der Waals surface area contributed by atoms with E-state index in [0.717, 1.165) is 17.3 Å². The summed E-state index contributed by atoms with van der Waals surface area (Å²) in [5.74, 6) is -0.275. The third-order valence-electron chi connectivity index (χ3n) is 4.49. The number of hydrogen-bond acceptors (Lipinski definition) is 8. The Hall–Kier alpha value is -3.72. The molecule has 4 aromatic rings. The summed E-state index contributed by atoms with van der Waals surface area (Å²) < 4.78 is 27.2. The topological polar surface area (TPSA) is 125 Å². The fourth-order valence-corrected chi connectivity index (χ4v) is 5.46. The number of rotatable bonds is 8. The van der Waals surface area contributed by atoms with E-state index in [1.165, 1.54) is 41.8 Å². The number of amides is 1. The van der Waals surface area contributed by atoms with Gasteiger partial charge in [0.1, 0.15) is 11.1 Å². The lowest BCUT2D eigenvalue weighted by Gasteiger charge is -2.09. The van der Waals surface area contributed by atoms with Crippen molar-refractivity contribution in [2.24, 2.45) is 0 Å². The second-order valence-electron chi connectivity index (χ2n) is 6.83. The van der Waals surface area contributed by atoms with Gasteiger partial charge in [0.2, 0.25) is 5.91 Å². The summed E-state index contributed by atoms with van der Waals surface area (Å²) in [4.78, 5) is 21.0. The highest BCUT2D eigenvalue weighted by Crippen LogP contribution is 2.26. The van der Waals surface area contributed by atoms with Crippen molar-refractivity contribution in [2.45, 2.75) is 9.92 Å². The summed E-state index contributed by atoms with van der Waals surface area (Å²) in [6, 6.07) is 20.9. The van der Waals surface area contributed by atoms with Crippen LogP contribution in [0, 0.1) is 11.3 Å². The number of nitrogens with one attached hydrogen (secondary N) is 2. The Labute approximate surface area is 204 Å². The SMILES string of the molecule is N#Cc1ccc(-c2ccccc2)nc1SCC(=O)Nc1ccc(S(=O)(=O)Nc2nccs2)cc1. The minimum Gasteiger partial charge on any atom is -0.325 e. The molecule has 2 aromatic carbocycles. The van der Waals surface area contributed by atoms with E-state index in [1.54, 1.807) is 17.5 Å². The average molecular weight is 508 g/mol. The molecule has 0 bridgehead atoms. The number of nitriles is 1. The van der Waals surface area contributed by atoms with E-state index in [2.05, 4.69) is 26.1 Å². The third kappa shape index (κ3) is 5.79. The number of pyridine rings is 1. The van der Waals surface area contributed by atoms with Crippen LogP contribution in [0.4, 0.5) is 10.8 Å². The molecule has 1 amide bonds. The fourth-order valence-electron chi connectivity index (χ4n) is 2.90. The zero-order valence-electron chi connectivity index (χ0n) is 17.5. The van der Waals surface area contributed by atoms with Crippen LogP contribution < -0.4 is 10.0 Å². The van der Waals surface area contributed by atoms with E-state index in [9.17, 15) is 18.5 Å². The Balaban J connectivity index is 1.39. The summed E-state index contributed by atoms with van der Waals surface area (Å²) in [5.41, 5.74) is 2.47. The first-order valence-electron chi connectivity index (χ1n) is 9.86. The van der Waals surface area contributed by atoms with Crippen molar-refractivity contribution in [1.29, 1.82) is 5.26 Å². The summed E-state index contributed by atoms with van der Waals surface area (Å²) in [6.07, 6.45) is 1.51. The van der Waals surface area contributed by atoms with E-state index in [1.807, 2.05) is 30.3 Å². The summed E-state index contributed by atoms with van der Waals surface area (Å²) >= 11 is 2.34. The molecule has 2 aromatic heterocycles. The van der Waals surface area contributed by atoms with Gasteiger partial charge >= 0.3 is 0 Å². The van der Waals surface area contributed by atoms with Gasteiger partial charge in [0.05, 0.1) is 21.9 Å². The van der Waals surface area contributed by atoms with E-state index in [0.29, 0.717) is 22.0 Å². The van der Waals surface area contributed by atoms with Crippen molar-refractivity contribution in [2.75, 3.05) is 15.8 Å². The number of carbonyl (C=O) groups is 1. The number of nitrogens with zero attached hydrogens (tertiary/aromatic N) is 3.